The molecule has 112 valence electrons. The SMILES string of the molecule is CC(C)=CC(=O)OC1CCCOC1OC(=O)C=C(C)C. The highest BCUT2D eigenvalue weighted by Crippen LogP contribution is 2.19. The standard InChI is InChI=1S/C15H22O5/c1-10(2)8-13(16)19-12-6-5-7-18-15(12)20-14(17)9-11(3)4/h8-9,12,15H,5-7H2,1-4H3. The number of carbonyl (C=O) groups excluding carboxylic acids is 2. The molecule has 0 saturated carbocycles. The van der Waals surface area contributed by atoms with E-state index >= 15 is 0 Å². The van der Waals surface area contributed by atoms with Gasteiger partial charge in [0.15, 0.2) is 6.10 Å². The number of esters is 2. The van der Waals surface area contributed by atoms with E-state index in [1.165, 1.54) is 12.2 Å². The number of allylic oxidation sites excluding steroid dienone is 2. The van der Waals surface area contributed by atoms with Crippen LogP contribution in [0.1, 0.15) is 40.5 Å². The van der Waals surface area contributed by atoms with Crippen molar-refractivity contribution in [1.29, 1.82) is 0 Å². The first-order valence-electron chi connectivity index (χ1n) is 6.71. The Kier molecular flexibility index (Phi) is 6.45. The zero-order chi connectivity index (χ0) is 15.1. The predicted octanol–water partition coefficient (Wildman–Crippen LogP) is 2.51. The topological polar surface area (TPSA) is 61.8 Å². The third-order valence-electron chi connectivity index (χ3n) is 2.53. The highest BCUT2D eigenvalue weighted by molar-refractivity contribution is 5.83. The van der Waals surface area contributed by atoms with Crippen LogP contribution in [0.5, 0.6) is 0 Å². The molecular weight excluding hydrogens is 260 g/mol. The van der Waals surface area contributed by atoms with E-state index in [0.29, 0.717) is 13.0 Å². The van der Waals surface area contributed by atoms with Crippen molar-refractivity contribution in [2.45, 2.75) is 52.9 Å². The monoisotopic (exact) mass is 282 g/mol. The normalized spacial score (nSPS) is 21.6. The van der Waals surface area contributed by atoms with Gasteiger partial charge in [0, 0.05) is 12.2 Å². The Morgan fingerprint density at radius 1 is 1.00 bits per heavy atom. The van der Waals surface area contributed by atoms with Crippen molar-refractivity contribution < 1.29 is 23.8 Å². The summed E-state index contributed by atoms with van der Waals surface area (Å²) >= 11 is 0. The fourth-order valence-electron chi connectivity index (χ4n) is 1.75. The molecule has 2 unspecified atom stereocenters. The van der Waals surface area contributed by atoms with Gasteiger partial charge in [0.1, 0.15) is 0 Å². The van der Waals surface area contributed by atoms with Crippen molar-refractivity contribution in [3.8, 4) is 0 Å². The van der Waals surface area contributed by atoms with E-state index in [9.17, 15) is 9.59 Å². The molecule has 20 heavy (non-hydrogen) atoms. The molecule has 1 rings (SSSR count). The second-order valence-corrected chi connectivity index (χ2v) is 5.24. The van der Waals surface area contributed by atoms with Gasteiger partial charge in [0.2, 0.25) is 6.29 Å². The molecule has 0 aliphatic carbocycles. The van der Waals surface area contributed by atoms with Crippen LogP contribution in [-0.2, 0) is 23.8 Å². The van der Waals surface area contributed by atoms with Crippen molar-refractivity contribution in [3.05, 3.63) is 23.3 Å². The molecule has 0 N–H and O–H groups in total. The maximum atomic E-state index is 11.6. The summed E-state index contributed by atoms with van der Waals surface area (Å²) < 4.78 is 15.8. The maximum absolute atomic E-state index is 11.6. The van der Waals surface area contributed by atoms with E-state index < -0.39 is 24.3 Å². The van der Waals surface area contributed by atoms with Crippen LogP contribution in [0.2, 0.25) is 0 Å². The molecule has 0 amide bonds. The van der Waals surface area contributed by atoms with Gasteiger partial charge in [-0.25, -0.2) is 9.59 Å². The lowest BCUT2D eigenvalue weighted by Gasteiger charge is -2.30. The van der Waals surface area contributed by atoms with Gasteiger partial charge in [-0.3, -0.25) is 0 Å². The zero-order valence-electron chi connectivity index (χ0n) is 12.5. The van der Waals surface area contributed by atoms with E-state index in [0.717, 1.165) is 17.6 Å². The summed E-state index contributed by atoms with van der Waals surface area (Å²) in [4.78, 5) is 23.2. The van der Waals surface area contributed by atoms with Gasteiger partial charge in [0.05, 0.1) is 6.61 Å². The highest BCUT2D eigenvalue weighted by atomic mass is 16.7. The number of rotatable bonds is 4. The van der Waals surface area contributed by atoms with Crippen LogP contribution in [0.25, 0.3) is 0 Å². The van der Waals surface area contributed by atoms with Crippen molar-refractivity contribution in [2.24, 2.45) is 0 Å². The predicted molar refractivity (Wildman–Crippen MR) is 73.8 cm³/mol. The fourth-order valence-corrected chi connectivity index (χ4v) is 1.75. The largest absolute Gasteiger partial charge is 0.453 e. The summed E-state index contributed by atoms with van der Waals surface area (Å²) in [5.41, 5.74) is 1.69. The summed E-state index contributed by atoms with van der Waals surface area (Å²) in [7, 11) is 0. The molecule has 1 aliphatic heterocycles. The molecule has 5 heteroatoms. The van der Waals surface area contributed by atoms with Crippen LogP contribution < -0.4 is 0 Å². The van der Waals surface area contributed by atoms with Gasteiger partial charge in [-0.05, 0) is 40.5 Å². The summed E-state index contributed by atoms with van der Waals surface area (Å²) in [5.74, 6) is -0.927. The average Bonchev–Trinajstić information content (AvgIpc) is 2.29. The van der Waals surface area contributed by atoms with Gasteiger partial charge in [-0.15, -0.1) is 0 Å². The molecule has 1 aliphatic rings. The van der Waals surface area contributed by atoms with Crippen LogP contribution >= 0.6 is 0 Å². The number of hydrogen-bond acceptors (Lipinski definition) is 5. The second-order valence-electron chi connectivity index (χ2n) is 5.24. The Morgan fingerprint density at radius 2 is 1.55 bits per heavy atom. The van der Waals surface area contributed by atoms with E-state index in [2.05, 4.69) is 0 Å². The van der Waals surface area contributed by atoms with Crippen molar-refractivity contribution in [1.82, 2.24) is 0 Å². The van der Waals surface area contributed by atoms with Crippen LogP contribution in [0.4, 0.5) is 0 Å². The minimum absolute atomic E-state index is 0.441. The molecular formula is C15H22O5. The third-order valence-corrected chi connectivity index (χ3v) is 2.53. The Hall–Kier alpha value is -1.62. The van der Waals surface area contributed by atoms with Crippen LogP contribution in [0, 0.1) is 0 Å². The number of hydrogen-bond donors (Lipinski definition) is 0. The molecule has 2 atom stereocenters. The Morgan fingerprint density at radius 3 is 2.10 bits per heavy atom. The fraction of sp³-hybridized carbons (Fsp3) is 0.600. The summed E-state index contributed by atoms with van der Waals surface area (Å²) in [6.45, 7) is 7.71. The molecule has 0 aromatic carbocycles. The lowest BCUT2D eigenvalue weighted by molar-refractivity contribution is -0.221. The zero-order valence-corrected chi connectivity index (χ0v) is 12.5. The van der Waals surface area contributed by atoms with Gasteiger partial charge < -0.3 is 14.2 Å². The van der Waals surface area contributed by atoms with Crippen LogP contribution in [-0.4, -0.2) is 30.9 Å². The van der Waals surface area contributed by atoms with Crippen LogP contribution in [0.15, 0.2) is 23.3 Å². The molecule has 0 aromatic heterocycles. The molecule has 0 spiro atoms. The Bertz CT molecular complexity index is 374. The molecule has 0 aromatic rings. The molecule has 0 bridgehead atoms. The van der Waals surface area contributed by atoms with Gasteiger partial charge in [0.25, 0.3) is 0 Å². The quantitative estimate of drug-likeness (QED) is 0.585. The lowest BCUT2D eigenvalue weighted by atomic mass is 10.1. The number of carbonyl (C=O) groups is 2. The van der Waals surface area contributed by atoms with E-state index in [4.69, 9.17) is 14.2 Å². The Labute approximate surface area is 119 Å². The second kappa shape index (κ2) is 7.85. The molecule has 1 saturated heterocycles. The first-order chi connectivity index (χ1) is 9.38. The molecule has 1 heterocycles. The van der Waals surface area contributed by atoms with Crippen molar-refractivity contribution in [2.75, 3.05) is 6.61 Å². The van der Waals surface area contributed by atoms with E-state index in [1.807, 2.05) is 13.8 Å². The third kappa shape index (κ3) is 6.02. The minimum Gasteiger partial charge on any atom is -0.453 e. The van der Waals surface area contributed by atoms with Gasteiger partial charge in [-0.1, -0.05) is 11.1 Å². The molecule has 5 nitrogen and oxygen atoms in total. The summed E-state index contributed by atoms with van der Waals surface area (Å²) in [5, 5.41) is 0. The summed E-state index contributed by atoms with van der Waals surface area (Å²) in [6, 6.07) is 0. The first-order valence-corrected chi connectivity index (χ1v) is 6.71. The smallest absolute Gasteiger partial charge is 0.333 e. The van der Waals surface area contributed by atoms with E-state index in [1.54, 1.807) is 13.8 Å². The van der Waals surface area contributed by atoms with Gasteiger partial charge in [-0.2, -0.15) is 0 Å². The average molecular weight is 282 g/mol. The van der Waals surface area contributed by atoms with Crippen LogP contribution in [0.3, 0.4) is 0 Å². The first kappa shape index (κ1) is 16.4. The molecule has 1 fully saturated rings. The Balaban J connectivity index is 2.62. The van der Waals surface area contributed by atoms with E-state index in [-0.39, 0.29) is 0 Å². The molecule has 0 radical (unpaired) electrons. The lowest BCUT2D eigenvalue weighted by Crippen LogP contribution is -2.40. The number of ether oxygens (including phenoxy) is 3. The van der Waals surface area contributed by atoms with Gasteiger partial charge >= 0.3 is 11.9 Å². The minimum atomic E-state index is -0.832. The van der Waals surface area contributed by atoms with Crippen molar-refractivity contribution >= 4 is 11.9 Å². The summed E-state index contributed by atoms with van der Waals surface area (Å²) in [6.07, 6.45) is 2.79. The van der Waals surface area contributed by atoms with Crippen molar-refractivity contribution in [3.63, 3.8) is 0 Å². The highest BCUT2D eigenvalue weighted by Gasteiger charge is 2.31. The maximum Gasteiger partial charge on any atom is 0.333 e.